The summed E-state index contributed by atoms with van der Waals surface area (Å²) >= 11 is 0. The van der Waals surface area contributed by atoms with E-state index in [2.05, 4.69) is 5.32 Å². The van der Waals surface area contributed by atoms with E-state index in [9.17, 15) is 10.1 Å². The summed E-state index contributed by atoms with van der Waals surface area (Å²) in [6.07, 6.45) is 0. The van der Waals surface area contributed by atoms with Crippen molar-refractivity contribution < 1.29 is 4.92 Å². The van der Waals surface area contributed by atoms with Gasteiger partial charge in [0.25, 0.3) is 0 Å². The third-order valence-corrected chi connectivity index (χ3v) is 3.04. The molecule has 0 aromatic heterocycles. The molecule has 5 heteroatoms. The van der Waals surface area contributed by atoms with E-state index in [1.54, 1.807) is 12.1 Å². The van der Waals surface area contributed by atoms with Crippen molar-refractivity contribution in [3.05, 3.63) is 57.6 Å². The summed E-state index contributed by atoms with van der Waals surface area (Å²) in [5.41, 5.74) is 9.20. The van der Waals surface area contributed by atoms with Gasteiger partial charge in [0, 0.05) is 5.69 Å². The Morgan fingerprint density at radius 3 is 2.53 bits per heavy atom. The Balaban J connectivity index is 2.40. The van der Waals surface area contributed by atoms with Crippen LogP contribution in [0, 0.1) is 24.0 Å². The highest BCUT2D eigenvalue weighted by Crippen LogP contribution is 2.32. The number of aryl methyl sites for hydroxylation is 2. The van der Waals surface area contributed by atoms with E-state index in [-0.39, 0.29) is 11.4 Å². The van der Waals surface area contributed by atoms with E-state index >= 15 is 0 Å². The van der Waals surface area contributed by atoms with Crippen LogP contribution in [-0.2, 0) is 0 Å². The Kier molecular flexibility index (Phi) is 3.37. The summed E-state index contributed by atoms with van der Waals surface area (Å²) < 4.78 is 0. The van der Waals surface area contributed by atoms with Gasteiger partial charge >= 0.3 is 5.69 Å². The standard InChI is InChI=1S/C14H15N3O2/c1-9-6-7-11(8-10(9)2)16-13-5-3-4-12(15)14(13)17(18)19/h3-8,16H,15H2,1-2H3. The average Bonchev–Trinajstić information content (AvgIpc) is 2.33. The van der Waals surface area contributed by atoms with E-state index in [1.807, 2.05) is 32.0 Å². The van der Waals surface area contributed by atoms with Gasteiger partial charge in [-0.1, -0.05) is 12.1 Å². The summed E-state index contributed by atoms with van der Waals surface area (Å²) in [6.45, 7) is 4.01. The number of anilines is 3. The fourth-order valence-corrected chi connectivity index (χ4v) is 1.84. The molecule has 2 aromatic carbocycles. The molecule has 0 bridgehead atoms. The normalized spacial score (nSPS) is 10.2. The molecule has 0 amide bonds. The van der Waals surface area contributed by atoms with Crippen LogP contribution in [0.3, 0.4) is 0 Å². The Hall–Kier alpha value is -2.56. The van der Waals surface area contributed by atoms with Crippen molar-refractivity contribution in [2.24, 2.45) is 0 Å². The second-order valence-corrected chi connectivity index (χ2v) is 4.42. The van der Waals surface area contributed by atoms with Crippen LogP contribution in [0.25, 0.3) is 0 Å². The second kappa shape index (κ2) is 4.97. The molecule has 0 aliphatic carbocycles. The summed E-state index contributed by atoms with van der Waals surface area (Å²) in [5, 5.41) is 14.1. The lowest BCUT2D eigenvalue weighted by Gasteiger charge is -2.10. The van der Waals surface area contributed by atoms with Crippen LogP contribution in [0.1, 0.15) is 11.1 Å². The van der Waals surface area contributed by atoms with Gasteiger partial charge in [0.05, 0.1) is 4.92 Å². The molecule has 19 heavy (non-hydrogen) atoms. The zero-order valence-electron chi connectivity index (χ0n) is 10.8. The summed E-state index contributed by atoms with van der Waals surface area (Å²) in [6, 6.07) is 10.6. The number of rotatable bonds is 3. The number of nitro groups is 1. The summed E-state index contributed by atoms with van der Waals surface area (Å²) in [4.78, 5) is 10.6. The van der Waals surface area contributed by atoms with Crippen molar-refractivity contribution in [2.45, 2.75) is 13.8 Å². The van der Waals surface area contributed by atoms with Gasteiger partial charge in [-0.25, -0.2) is 0 Å². The van der Waals surface area contributed by atoms with Crippen molar-refractivity contribution in [2.75, 3.05) is 11.1 Å². The quantitative estimate of drug-likeness (QED) is 0.500. The molecule has 3 N–H and O–H groups in total. The number of para-hydroxylation sites is 1. The minimum Gasteiger partial charge on any atom is -0.393 e. The first-order chi connectivity index (χ1) is 8.99. The molecule has 0 saturated heterocycles. The molecular formula is C14H15N3O2. The number of hydrogen-bond acceptors (Lipinski definition) is 4. The summed E-state index contributed by atoms with van der Waals surface area (Å²) in [7, 11) is 0. The first-order valence-electron chi connectivity index (χ1n) is 5.86. The van der Waals surface area contributed by atoms with Crippen LogP contribution in [0.5, 0.6) is 0 Å². The van der Waals surface area contributed by atoms with Crippen LogP contribution in [0.4, 0.5) is 22.7 Å². The van der Waals surface area contributed by atoms with E-state index in [0.717, 1.165) is 11.3 Å². The lowest BCUT2D eigenvalue weighted by Crippen LogP contribution is -2.01. The lowest BCUT2D eigenvalue weighted by molar-refractivity contribution is -0.383. The molecule has 2 aromatic rings. The fraction of sp³-hybridized carbons (Fsp3) is 0.143. The van der Waals surface area contributed by atoms with Gasteiger partial charge in [-0.15, -0.1) is 0 Å². The molecule has 0 spiro atoms. The van der Waals surface area contributed by atoms with Crippen LogP contribution >= 0.6 is 0 Å². The van der Waals surface area contributed by atoms with Gasteiger partial charge in [-0.3, -0.25) is 10.1 Å². The first kappa shape index (κ1) is 12.9. The van der Waals surface area contributed by atoms with Crippen LogP contribution < -0.4 is 11.1 Å². The number of nitrogens with one attached hydrogen (secondary N) is 1. The van der Waals surface area contributed by atoms with Crippen molar-refractivity contribution in [1.82, 2.24) is 0 Å². The van der Waals surface area contributed by atoms with E-state index in [1.165, 1.54) is 11.6 Å². The molecule has 0 aliphatic rings. The molecule has 0 aliphatic heterocycles. The molecule has 0 fully saturated rings. The third kappa shape index (κ3) is 2.65. The topological polar surface area (TPSA) is 81.2 Å². The molecular weight excluding hydrogens is 242 g/mol. The Labute approximate surface area is 111 Å². The molecule has 0 saturated carbocycles. The van der Waals surface area contributed by atoms with Crippen molar-refractivity contribution in [1.29, 1.82) is 0 Å². The minimum atomic E-state index is -0.473. The predicted molar refractivity (Wildman–Crippen MR) is 76.7 cm³/mol. The number of hydrogen-bond donors (Lipinski definition) is 2. The van der Waals surface area contributed by atoms with Gasteiger partial charge < -0.3 is 11.1 Å². The first-order valence-corrected chi connectivity index (χ1v) is 5.86. The number of nitrogens with zero attached hydrogens (tertiary/aromatic N) is 1. The predicted octanol–water partition coefficient (Wildman–Crippen LogP) is 3.54. The van der Waals surface area contributed by atoms with Crippen LogP contribution in [0.15, 0.2) is 36.4 Å². The molecule has 0 unspecified atom stereocenters. The van der Waals surface area contributed by atoms with Crippen LogP contribution in [-0.4, -0.2) is 4.92 Å². The SMILES string of the molecule is Cc1ccc(Nc2cccc(N)c2[N+](=O)[O-])cc1C. The number of nitro benzene ring substituents is 1. The smallest absolute Gasteiger partial charge is 0.315 e. The zero-order valence-corrected chi connectivity index (χ0v) is 10.8. The molecule has 0 heterocycles. The van der Waals surface area contributed by atoms with Crippen molar-refractivity contribution >= 4 is 22.7 Å². The summed E-state index contributed by atoms with van der Waals surface area (Å²) in [5.74, 6) is 0. The Bertz CT molecular complexity index is 639. The van der Waals surface area contributed by atoms with Gasteiger partial charge in [0.2, 0.25) is 0 Å². The monoisotopic (exact) mass is 257 g/mol. The van der Waals surface area contributed by atoms with Gasteiger partial charge in [-0.05, 0) is 49.2 Å². The van der Waals surface area contributed by atoms with Crippen molar-refractivity contribution in [3.8, 4) is 0 Å². The van der Waals surface area contributed by atoms with E-state index in [4.69, 9.17) is 5.73 Å². The highest BCUT2D eigenvalue weighted by molar-refractivity contribution is 5.78. The Morgan fingerprint density at radius 2 is 1.89 bits per heavy atom. The average molecular weight is 257 g/mol. The number of benzene rings is 2. The van der Waals surface area contributed by atoms with Crippen LogP contribution in [0.2, 0.25) is 0 Å². The minimum absolute atomic E-state index is 0.0965. The van der Waals surface area contributed by atoms with Gasteiger partial charge in [0.1, 0.15) is 11.4 Å². The second-order valence-electron chi connectivity index (χ2n) is 4.42. The Morgan fingerprint density at radius 1 is 1.16 bits per heavy atom. The zero-order chi connectivity index (χ0) is 14.0. The maximum Gasteiger partial charge on any atom is 0.315 e. The molecule has 0 radical (unpaired) electrons. The maximum atomic E-state index is 11.0. The molecule has 98 valence electrons. The highest BCUT2D eigenvalue weighted by atomic mass is 16.6. The largest absolute Gasteiger partial charge is 0.393 e. The molecule has 2 rings (SSSR count). The lowest BCUT2D eigenvalue weighted by atomic mass is 10.1. The third-order valence-electron chi connectivity index (χ3n) is 3.04. The van der Waals surface area contributed by atoms with E-state index in [0.29, 0.717) is 5.69 Å². The van der Waals surface area contributed by atoms with Gasteiger partial charge in [0.15, 0.2) is 0 Å². The van der Waals surface area contributed by atoms with Crippen molar-refractivity contribution in [3.63, 3.8) is 0 Å². The number of nitrogen functional groups attached to an aromatic ring is 1. The molecule has 0 atom stereocenters. The van der Waals surface area contributed by atoms with Gasteiger partial charge in [-0.2, -0.15) is 0 Å². The fourth-order valence-electron chi connectivity index (χ4n) is 1.84. The molecule has 5 nitrogen and oxygen atoms in total. The van der Waals surface area contributed by atoms with E-state index < -0.39 is 4.92 Å². The highest BCUT2D eigenvalue weighted by Gasteiger charge is 2.17. The maximum absolute atomic E-state index is 11.0. The number of nitrogens with two attached hydrogens (primary N) is 1.